The lowest BCUT2D eigenvalue weighted by Crippen LogP contribution is -2.37. The van der Waals surface area contributed by atoms with Gasteiger partial charge in [0.05, 0.1) is 16.5 Å². The molecule has 4 aromatic rings. The first-order valence-corrected chi connectivity index (χ1v) is 12.1. The molecule has 7 nitrogen and oxygen atoms in total. The first-order chi connectivity index (χ1) is 17.5. The lowest BCUT2D eigenvalue weighted by molar-refractivity contribution is -0.120. The molecular weight excluding hydrogens is 481 g/mol. The molecule has 0 spiro atoms. The van der Waals surface area contributed by atoms with E-state index in [1.807, 2.05) is 24.3 Å². The Kier molecular flexibility index (Phi) is 7.25. The zero-order valence-electron chi connectivity index (χ0n) is 19.4. The number of piperidine rings is 1. The molecule has 3 N–H and O–H groups in total. The molecule has 1 amide bonds. The van der Waals surface area contributed by atoms with Gasteiger partial charge in [-0.2, -0.15) is 0 Å². The average Bonchev–Trinajstić information content (AvgIpc) is 2.89. The van der Waals surface area contributed by atoms with Crippen LogP contribution in [-0.4, -0.2) is 29.0 Å². The van der Waals surface area contributed by atoms with Gasteiger partial charge in [-0.15, -0.1) is 0 Å². The number of anilines is 3. The maximum Gasteiger partial charge on any atom is 0.228 e. The van der Waals surface area contributed by atoms with Gasteiger partial charge in [-0.05, 0) is 73.5 Å². The van der Waals surface area contributed by atoms with E-state index >= 15 is 0 Å². The normalized spacial score (nSPS) is 15.4. The van der Waals surface area contributed by atoms with Crippen LogP contribution in [0.15, 0.2) is 67.0 Å². The second-order valence-corrected chi connectivity index (χ2v) is 9.08. The molecule has 0 aliphatic carbocycles. The van der Waals surface area contributed by atoms with Gasteiger partial charge in [-0.1, -0.05) is 23.7 Å². The quantitative estimate of drug-likeness (QED) is 0.299. The molecule has 1 aromatic heterocycles. The van der Waals surface area contributed by atoms with E-state index in [9.17, 15) is 9.18 Å². The molecule has 1 aliphatic heterocycles. The highest BCUT2D eigenvalue weighted by Gasteiger charge is 2.21. The molecular formula is C27H25ClFN5O2. The molecule has 0 radical (unpaired) electrons. The summed E-state index contributed by atoms with van der Waals surface area (Å²) in [4.78, 5) is 21.4. The zero-order chi connectivity index (χ0) is 24.9. The lowest BCUT2D eigenvalue weighted by atomic mass is 9.99. The fourth-order valence-corrected chi connectivity index (χ4v) is 4.41. The predicted molar refractivity (Wildman–Crippen MR) is 139 cm³/mol. The highest BCUT2D eigenvalue weighted by atomic mass is 35.5. The van der Waals surface area contributed by atoms with Crippen LogP contribution in [0.5, 0.6) is 5.75 Å². The minimum atomic E-state index is -0.312. The number of benzene rings is 3. The molecule has 0 saturated carbocycles. The number of nitrogens with zero attached hydrogens (tertiary/aromatic N) is 2. The Morgan fingerprint density at radius 3 is 2.81 bits per heavy atom. The van der Waals surface area contributed by atoms with E-state index in [-0.39, 0.29) is 24.2 Å². The summed E-state index contributed by atoms with van der Waals surface area (Å²) in [7, 11) is 0. The molecule has 9 heteroatoms. The summed E-state index contributed by atoms with van der Waals surface area (Å²) >= 11 is 6.44. The molecule has 3 aromatic carbocycles. The Bertz CT molecular complexity index is 1390. The van der Waals surface area contributed by atoms with Crippen LogP contribution in [0.2, 0.25) is 5.02 Å². The number of amides is 1. The van der Waals surface area contributed by atoms with Crippen molar-refractivity contribution in [1.29, 1.82) is 0 Å². The predicted octanol–water partition coefficient (Wildman–Crippen LogP) is 5.68. The minimum absolute atomic E-state index is 0.00789. The largest absolute Gasteiger partial charge is 0.487 e. The van der Waals surface area contributed by atoms with Crippen molar-refractivity contribution in [2.45, 2.75) is 19.4 Å². The van der Waals surface area contributed by atoms with E-state index in [0.29, 0.717) is 40.1 Å². The monoisotopic (exact) mass is 505 g/mol. The Morgan fingerprint density at radius 2 is 2.00 bits per heavy atom. The number of carbonyl (C=O) groups is 1. The van der Waals surface area contributed by atoms with Gasteiger partial charge in [0.25, 0.3) is 0 Å². The van der Waals surface area contributed by atoms with Crippen LogP contribution in [0.4, 0.5) is 21.6 Å². The molecule has 1 fully saturated rings. The van der Waals surface area contributed by atoms with Crippen LogP contribution in [0.25, 0.3) is 10.9 Å². The van der Waals surface area contributed by atoms with Crippen molar-refractivity contribution in [3.63, 3.8) is 0 Å². The maximum absolute atomic E-state index is 13.4. The number of halogens is 2. The molecule has 36 heavy (non-hydrogen) atoms. The van der Waals surface area contributed by atoms with Gasteiger partial charge in [0.2, 0.25) is 5.91 Å². The number of rotatable bonds is 7. The second kappa shape index (κ2) is 10.9. The number of ether oxygens (including phenoxy) is 1. The lowest BCUT2D eigenvalue weighted by Gasteiger charge is -2.22. The van der Waals surface area contributed by atoms with Crippen molar-refractivity contribution in [2.24, 2.45) is 5.92 Å². The SMILES string of the molecule is O=C(Nc1ccc2ncnc(Nc3ccc(OCc4cccc(F)c4)c(Cl)c3)c2c1)C1CCCNC1. The summed E-state index contributed by atoms with van der Waals surface area (Å²) in [6.45, 7) is 1.85. The third kappa shape index (κ3) is 5.72. The summed E-state index contributed by atoms with van der Waals surface area (Å²) in [5.74, 6) is 0.727. The first kappa shape index (κ1) is 24.0. The van der Waals surface area contributed by atoms with Crippen LogP contribution in [0, 0.1) is 11.7 Å². The minimum Gasteiger partial charge on any atom is -0.487 e. The van der Waals surface area contributed by atoms with E-state index in [1.165, 1.54) is 18.5 Å². The van der Waals surface area contributed by atoms with Gasteiger partial charge in [-0.25, -0.2) is 14.4 Å². The third-order valence-electron chi connectivity index (χ3n) is 6.05. The summed E-state index contributed by atoms with van der Waals surface area (Å²) < 4.78 is 19.2. The number of hydrogen-bond acceptors (Lipinski definition) is 6. The van der Waals surface area contributed by atoms with Gasteiger partial charge in [0.1, 0.15) is 30.3 Å². The van der Waals surface area contributed by atoms with Crippen LogP contribution in [0.1, 0.15) is 18.4 Å². The van der Waals surface area contributed by atoms with E-state index in [2.05, 4.69) is 25.9 Å². The Labute approximate surface area is 213 Å². The van der Waals surface area contributed by atoms with E-state index in [0.717, 1.165) is 30.3 Å². The Balaban J connectivity index is 1.31. The van der Waals surface area contributed by atoms with E-state index in [4.69, 9.17) is 16.3 Å². The van der Waals surface area contributed by atoms with Crippen molar-refractivity contribution < 1.29 is 13.9 Å². The van der Waals surface area contributed by atoms with Crippen molar-refractivity contribution in [1.82, 2.24) is 15.3 Å². The van der Waals surface area contributed by atoms with Gasteiger partial charge >= 0.3 is 0 Å². The standard InChI is InChI=1S/C27H25ClFN5O2/c28-23-13-21(7-9-25(23)36-15-17-3-1-5-19(29)11-17)33-26-22-12-20(6-8-24(22)31-16-32-26)34-27(35)18-4-2-10-30-14-18/h1,3,5-9,11-13,16,18,30H,2,4,10,14-15H2,(H,34,35)(H,31,32,33). The van der Waals surface area contributed by atoms with Crippen molar-refractivity contribution in [3.05, 3.63) is 83.4 Å². The second-order valence-electron chi connectivity index (χ2n) is 8.68. The van der Waals surface area contributed by atoms with E-state index in [1.54, 1.807) is 24.3 Å². The topological polar surface area (TPSA) is 88.2 Å². The molecule has 1 atom stereocenters. The summed E-state index contributed by atoms with van der Waals surface area (Å²) in [5.41, 5.74) is 2.85. The van der Waals surface area contributed by atoms with Gasteiger partial charge in [0, 0.05) is 23.3 Å². The fourth-order valence-electron chi connectivity index (χ4n) is 4.17. The van der Waals surface area contributed by atoms with Crippen LogP contribution >= 0.6 is 11.6 Å². The molecule has 0 bridgehead atoms. The number of aromatic nitrogens is 2. The Hall–Kier alpha value is -3.75. The van der Waals surface area contributed by atoms with Crippen LogP contribution in [0.3, 0.4) is 0 Å². The van der Waals surface area contributed by atoms with E-state index < -0.39 is 0 Å². The summed E-state index contributed by atoms with van der Waals surface area (Å²) in [6, 6.07) is 17.1. The smallest absolute Gasteiger partial charge is 0.228 e. The van der Waals surface area contributed by atoms with Gasteiger partial charge in [0.15, 0.2) is 0 Å². The highest BCUT2D eigenvalue weighted by molar-refractivity contribution is 6.32. The number of carbonyl (C=O) groups excluding carboxylic acids is 1. The van der Waals surface area contributed by atoms with Crippen molar-refractivity contribution in [2.75, 3.05) is 23.7 Å². The summed E-state index contributed by atoms with van der Waals surface area (Å²) in [6.07, 6.45) is 3.36. The Morgan fingerprint density at radius 1 is 1.11 bits per heavy atom. The maximum atomic E-state index is 13.4. The van der Waals surface area contributed by atoms with Crippen molar-refractivity contribution in [3.8, 4) is 5.75 Å². The number of hydrogen-bond donors (Lipinski definition) is 3. The fraction of sp³-hybridized carbons (Fsp3) is 0.222. The first-order valence-electron chi connectivity index (χ1n) is 11.8. The number of nitrogens with one attached hydrogen (secondary N) is 3. The molecule has 1 saturated heterocycles. The van der Waals surface area contributed by atoms with Gasteiger partial charge in [-0.3, -0.25) is 4.79 Å². The molecule has 5 rings (SSSR count). The van der Waals surface area contributed by atoms with Crippen molar-refractivity contribution >= 4 is 45.6 Å². The molecule has 1 unspecified atom stereocenters. The number of fused-ring (bicyclic) bond motifs is 1. The molecule has 184 valence electrons. The molecule has 1 aliphatic rings. The zero-order valence-corrected chi connectivity index (χ0v) is 20.2. The van der Waals surface area contributed by atoms with Crippen LogP contribution in [-0.2, 0) is 11.4 Å². The van der Waals surface area contributed by atoms with Crippen LogP contribution < -0.4 is 20.7 Å². The highest BCUT2D eigenvalue weighted by Crippen LogP contribution is 2.31. The summed E-state index contributed by atoms with van der Waals surface area (Å²) in [5, 5.41) is 10.7. The molecule has 2 heterocycles. The van der Waals surface area contributed by atoms with Gasteiger partial charge < -0.3 is 20.7 Å². The third-order valence-corrected chi connectivity index (χ3v) is 6.34. The average molecular weight is 506 g/mol.